The topological polar surface area (TPSA) is 158 Å². The smallest absolute Gasteiger partial charge is 0.488 e. The van der Waals surface area contributed by atoms with Crippen molar-refractivity contribution in [3.63, 3.8) is 0 Å². The monoisotopic (exact) mass is 520 g/mol. The summed E-state index contributed by atoms with van der Waals surface area (Å²) in [7, 11) is -3.08. The summed E-state index contributed by atoms with van der Waals surface area (Å²) in [5, 5.41) is 0. The molecule has 36 heavy (non-hydrogen) atoms. The van der Waals surface area contributed by atoms with E-state index in [1.807, 2.05) is 58.0 Å². The van der Waals surface area contributed by atoms with Crippen LogP contribution in [0, 0.1) is 0 Å². The summed E-state index contributed by atoms with van der Waals surface area (Å²) in [5.41, 5.74) is 7.09. The van der Waals surface area contributed by atoms with Gasteiger partial charge in [-0.05, 0) is 37.8 Å². The van der Waals surface area contributed by atoms with Crippen LogP contribution in [0.2, 0.25) is 0 Å². The van der Waals surface area contributed by atoms with Gasteiger partial charge in [-0.3, -0.25) is 14.3 Å². The molecule has 0 amide bonds. The number of aromatic amines is 1. The Hall–Kier alpha value is -2.73. The molecule has 0 radical (unpaired) electrons. The Morgan fingerprint density at radius 1 is 1.19 bits per heavy atom. The highest BCUT2D eigenvalue weighted by atomic mass is 31.1. The van der Waals surface area contributed by atoms with Gasteiger partial charge in [0.2, 0.25) is 11.7 Å². The molecule has 1 aliphatic heterocycles. The van der Waals surface area contributed by atoms with Crippen molar-refractivity contribution in [3.8, 4) is 0 Å². The zero-order chi connectivity index (χ0) is 26.0. The lowest BCUT2D eigenvalue weighted by atomic mass is 10.1. The van der Waals surface area contributed by atoms with Crippen LogP contribution in [0.1, 0.15) is 39.5 Å². The minimum Gasteiger partial charge on any atom is -0.566 e. The molecule has 1 saturated heterocycles. The molecule has 4 rings (SSSR count). The summed E-state index contributed by atoms with van der Waals surface area (Å²) in [6, 6.07) is 9.66. The van der Waals surface area contributed by atoms with Crippen molar-refractivity contribution in [1.82, 2.24) is 14.5 Å². The van der Waals surface area contributed by atoms with Crippen molar-refractivity contribution < 1.29 is 32.8 Å². The third-order valence-corrected chi connectivity index (χ3v) is 6.01. The number of aromatic nitrogens is 4. The number of nitrogen functional groups attached to an aromatic ring is 1. The second-order valence-corrected chi connectivity index (χ2v) is 9.85. The summed E-state index contributed by atoms with van der Waals surface area (Å²) in [4.78, 5) is 31.1. The van der Waals surface area contributed by atoms with E-state index in [2.05, 4.69) is 9.97 Å². The summed E-state index contributed by atoms with van der Waals surface area (Å²) < 4.78 is 38.1. The fraction of sp³-hybridized carbons (Fsp3) is 0.522. The standard InChI is InChI=1S/C23H30N5O7P/c1-13(2)33-18-16(11-32-36(30)31)35-22(19(18)34-14(3)4)28-12-27(10-15-8-6-5-7-9-15)17-20(28)25-23(24)26-21(17)29/h5-9,12-14,16,18-19,22H,10-11H2,1-4H3,(H2-,24,25,26,29)/p+1/t16-,18+,19?,22-/m1/s1. The van der Waals surface area contributed by atoms with Crippen LogP contribution in [0.4, 0.5) is 5.95 Å². The average molecular weight is 521 g/mol. The Kier molecular flexibility index (Phi) is 8.13. The van der Waals surface area contributed by atoms with Crippen LogP contribution >= 0.6 is 8.25 Å². The van der Waals surface area contributed by atoms with Crippen LogP contribution in [0.3, 0.4) is 0 Å². The van der Waals surface area contributed by atoms with Gasteiger partial charge in [0.05, 0.1) is 18.8 Å². The van der Waals surface area contributed by atoms with Gasteiger partial charge in [0.15, 0.2) is 6.33 Å². The molecule has 1 aliphatic rings. The Morgan fingerprint density at radius 3 is 2.50 bits per heavy atom. The Morgan fingerprint density at radius 2 is 1.86 bits per heavy atom. The molecule has 0 saturated carbocycles. The van der Waals surface area contributed by atoms with Gasteiger partial charge in [-0.2, -0.15) is 0 Å². The number of hydrogen-bond acceptors (Lipinski definition) is 9. The predicted octanol–water partition coefficient (Wildman–Crippen LogP) is 1.16. The zero-order valence-corrected chi connectivity index (χ0v) is 21.5. The number of H-pyrrole nitrogens is 1. The van der Waals surface area contributed by atoms with Crippen molar-refractivity contribution in [2.75, 3.05) is 12.3 Å². The first-order valence-electron chi connectivity index (χ1n) is 11.7. The molecule has 194 valence electrons. The number of ether oxygens (including phenoxy) is 3. The average Bonchev–Trinajstić information content (AvgIpc) is 3.30. The number of hydrogen-bond donors (Lipinski definition) is 2. The summed E-state index contributed by atoms with van der Waals surface area (Å²) in [6.45, 7) is 7.65. The molecule has 2 aromatic heterocycles. The highest BCUT2D eigenvalue weighted by molar-refractivity contribution is 7.30. The normalized spacial score (nSPS) is 22.7. The SMILES string of the molecule is CC(C)OC1[C@@H](OC(C)C)[C@@H](CO[P+](=O)[O-])O[C@H]1[n+]1cn(Cc2ccccc2)c2c(=O)[nH]c(N)nc21. The maximum absolute atomic E-state index is 13.0. The molecule has 0 bridgehead atoms. The van der Waals surface area contributed by atoms with Gasteiger partial charge in [-0.15, -0.1) is 4.52 Å². The van der Waals surface area contributed by atoms with Crippen LogP contribution < -0.4 is 20.8 Å². The van der Waals surface area contributed by atoms with E-state index in [0.717, 1.165) is 5.56 Å². The molecule has 3 aromatic rings. The van der Waals surface area contributed by atoms with Gasteiger partial charge in [0.25, 0.3) is 11.5 Å². The van der Waals surface area contributed by atoms with E-state index in [4.69, 9.17) is 24.5 Å². The van der Waals surface area contributed by atoms with E-state index in [1.54, 1.807) is 15.5 Å². The number of rotatable bonds is 10. The maximum Gasteiger partial charge on any atom is 0.488 e. The molecule has 12 nitrogen and oxygen atoms in total. The summed E-state index contributed by atoms with van der Waals surface area (Å²) in [5.74, 6) is -0.0451. The Balaban J connectivity index is 1.82. The fourth-order valence-corrected chi connectivity index (χ4v) is 4.67. The number of nitrogens with zero attached hydrogens (tertiary/aromatic N) is 3. The number of benzene rings is 1. The molecule has 5 atom stereocenters. The largest absolute Gasteiger partial charge is 0.566 e. The van der Waals surface area contributed by atoms with Crippen LogP contribution in [0.15, 0.2) is 41.5 Å². The van der Waals surface area contributed by atoms with E-state index >= 15 is 0 Å². The molecule has 3 heterocycles. The van der Waals surface area contributed by atoms with Gasteiger partial charge < -0.3 is 24.8 Å². The first-order chi connectivity index (χ1) is 17.1. The number of nitrogens with two attached hydrogens (primary N) is 1. The second-order valence-electron chi connectivity index (χ2n) is 9.14. The first-order valence-corrected chi connectivity index (χ1v) is 12.8. The van der Waals surface area contributed by atoms with E-state index in [1.165, 1.54) is 0 Å². The van der Waals surface area contributed by atoms with E-state index < -0.39 is 38.4 Å². The minimum atomic E-state index is -3.08. The van der Waals surface area contributed by atoms with Crippen molar-refractivity contribution in [3.05, 3.63) is 52.6 Å². The lowest BCUT2D eigenvalue weighted by molar-refractivity contribution is -0.746. The number of fused-ring (bicyclic) bond motifs is 1. The van der Waals surface area contributed by atoms with E-state index in [0.29, 0.717) is 17.7 Å². The third-order valence-electron chi connectivity index (χ3n) is 5.65. The Labute approximate surface area is 208 Å². The highest BCUT2D eigenvalue weighted by Gasteiger charge is 2.51. The van der Waals surface area contributed by atoms with Gasteiger partial charge >= 0.3 is 13.9 Å². The van der Waals surface area contributed by atoms with Gasteiger partial charge in [-0.25, -0.2) is 4.57 Å². The summed E-state index contributed by atoms with van der Waals surface area (Å²) in [6.07, 6.45) is -1.53. The van der Waals surface area contributed by atoms with E-state index in [9.17, 15) is 14.3 Å². The summed E-state index contributed by atoms with van der Waals surface area (Å²) >= 11 is 0. The quantitative estimate of drug-likeness (QED) is 0.296. The van der Waals surface area contributed by atoms with E-state index in [-0.39, 0.29) is 24.8 Å². The molecular formula is C23H31N5O7P+. The predicted molar refractivity (Wildman–Crippen MR) is 128 cm³/mol. The Bertz CT molecular complexity index is 1260. The zero-order valence-electron chi connectivity index (χ0n) is 20.6. The molecular weight excluding hydrogens is 489 g/mol. The number of imidazole rings is 1. The maximum atomic E-state index is 13.0. The molecule has 13 heteroatoms. The molecule has 1 fully saturated rings. The lowest BCUT2D eigenvalue weighted by Crippen LogP contribution is -2.49. The lowest BCUT2D eigenvalue weighted by Gasteiger charge is -2.26. The molecule has 0 aliphatic carbocycles. The van der Waals surface area contributed by atoms with Crippen LogP contribution in [0.25, 0.3) is 11.2 Å². The number of anilines is 1. The second kappa shape index (κ2) is 11.1. The van der Waals surface area contributed by atoms with Crippen molar-refractivity contribution >= 4 is 25.4 Å². The van der Waals surface area contributed by atoms with Crippen LogP contribution in [-0.4, -0.2) is 51.7 Å². The van der Waals surface area contributed by atoms with Gasteiger partial charge in [-0.1, -0.05) is 35.3 Å². The van der Waals surface area contributed by atoms with Crippen molar-refractivity contribution in [2.24, 2.45) is 0 Å². The fourth-order valence-electron chi connectivity index (χ4n) is 4.40. The molecule has 0 spiro atoms. The van der Waals surface area contributed by atoms with Crippen LogP contribution in [-0.2, 0) is 29.8 Å². The first kappa shape index (κ1) is 26.3. The van der Waals surface area contributed by atoms with Crippen molar-refractivity contribution in [1.29, 1.82) is 0 Å². The number of nitrogens with one attached hydrogen (secondary N) is 1. The van der Waals surface area contributed by atoms with Gasteiger partial charge in [0, 0.05) is 0 Å². The van der Waals surface area contributed by atoms with Crippen LogP contribution in [0.5, 0.6) is 0 Å². The highest BCUT2D eigenvalue weighted by Crippen LogP contribution is 2.34. The molecule has 3 N–H and O–H groups in total. The van der Waals surface area contributed by atoms with Gasteiger partial charge in [0.1, 0.15) is 24.9 Å². The minimum absolute atomic E-state index is 0.0451. The third kappa shape index (κ3) is 5.80. The van der Waals surface area contributed by atoms with Crippen molar-refractivity contribution in [2.45, 2.75) is 71.0 Å². The molecule has 1 aromatic carbocycles. The molecule has 2 unspecified atom stereocenters.